The zero-order valence-corrected chi connectivity index (χ0v) is 9.46. The van der Waals surface area contributed by atoms with E-state index in [0.29, 0.717) is 0 Å². The average molecular weight is 230 g/mol. The number of carbonyl (C=O) groups is 2. The number of β-amino-alcohol motifs (C(OH)–C–C–N with tert-alkyl or cyclic N) is 1. The number of aliphatic hydroxyl groups excluding tert-OH is 1. The summed E-state index contributed by atoms with van der Waals surface area (Å²) >= 11 is 0. The molecule has 6 heteroatoms. The van der Waals surface area contributed by atoms with Crippen LogP contribution in [0.1, 0.15) is 20.3 Å². The lowest BCUT2D eigenvalue weighted by Crippen LogP contribution is -2.46. The molecule has 2 unspecified atom stereocenters. The molecule has 4 atom stereocenters. The van der Waals surface area contributed by atoms with Crippen molar-refractivity contribution in [1.29, 1.82) is 0 Å². The first-order valence-corrected chi connectivity index (χ1v) is 5.31. The highest BCUT2D eigenvalue weighted by atomic mass is 16.4. The summed E-state index contributed by atoms with van der Waals surface area (Å²) in [6.07, 6.45) is -0.669. The molecule has 0 radical (unpaired) electrons. The van der Waals surface area contributed by atoms with Crippen LogP contribution in [0.4, 0.5) is 0 Å². The molecule has 1 aliphatic heterocycles. The number of carboxylic acids is 1. The van der Waals surface area contributed by atoms with Crippen LogP contribution in [0.3, 0.4) is 0 Å². The van der Waals surface area contributed by atoms with Gasteiger partial charge in [0.05, 0.1) is 12.0 Å². The lowest BCUT2D eigenvalue weighted by Gasteiger charge is -2.26. The molecule has 1 rings (SSSR count). The highest BCUT2D eigenvalue weighted by Crippen LogP contribution is 2.21. The first kappa shape index (κ1) is 12.9. The maximum atomic E-state index is 11.9. The van der Waals surface area contributed by atoms with Crippen LogP contribution in [0.15, 0.2) is 0 Å². The van der Waals surface area contributed by atoms with Crippen LogP contribution in [-0.4, -0.2) is 51.7 Å². The molecule has 0 aromatic rings. The summed E-state index contributed by atoms with van der Waals surface area (Å²) < 4.78 is 0. The van der Waals surface area contributed by atoms with Gasteiger partial charge >= 0.3 is 5.97 Å². The minimum absolute atomic E-state index is 0.0763. The maximum absolute atomic E-state index is 11.9. The van der Waals surface area contributed by atoms with Gasteiger partial charge < -0.3 is 20.8 Å². The highest BCUT2D eigenvalue weighted by Gasteiger charge is 2.40. The number of nitrogens with two attached hydrogens (primary N) is 1. The Bertz CT molecular complexity index is 293. The van der Waals surface area contributed by atoms with E-state index in [0.717, 1.165) is 0 Å². The molecule has 0 saturated carbocycles. The van der Waals surface area contributed by atoms with Gasteiger partial charge in [0.15, 0.2) is 0 Å². The van der Waals surface area contributed by atoms with E-state index in [9.17, 15) is 14.7 Å². The van der Waals surface area contributed by atoms with E-state index in [1.165, 1.54) is 4.90 Å². The zero-order valence-electron chi connectivity index (χ0n) is 9.46. The number of nitrogens with zero attached hydrogens (tertiary/aromatic N) is 1. The van der Waals surface area contributed by atoms with E-state index in [1.54, 1.807) is 13.8 Å². The molecule has 1 saturated heterocycles. The van der Waals surface area contributed by atoms with Crippen LogP contribution < -0.4 is 5.73 Å². The van der Waals surface area contributed by atoms with E-state index in [1.807, 2.05) is 0 Å². The highest BCUT2D eigenvalue weighted by molar-refractivity contribution is 5.86. The van der Waals surface area contributed by atoms with E-state index >= 15 is 0 Å². The molecule has 0 spiro atoms. The number of hydrogen-bond donors (Lipinski definition) is 3. The largest absolute Gasteiger partial charge is 0.480 e. The molecule has 0 aromatic carbocycles. The number of carbonyl (C=O) groups excluding carboxylic acids is 1. The fraction of sp³-hybridized carbons (Fsp3) is 0.800. The van der Waals surface area contributed by atoms with Crippen LogP contribution >= 0.6 is 0 Å². The van der Waals surface area contributed by atoms with Gasteiger partial charge in [-0.3, -0.25) is 4.79 Å². The topological polar surface area (TPSA) is 104 Å². The summed E-state index contributed by atoms with van der Waals surface area (Å²) in [5.41, 5.74) is 5.60. The first-order valence-electron chi connectivity index (χ1n) is 5.31. The third-order valence-corrected chi connectivity index (χ3v) is 3.03. The average Bonchev–Trinajstić information content (AvgIpc) is 2.58. The van der Waals surface area contributed by atoms with Gasteiger partial charge in [0.1, 0.15) is 6.04 Å². The Morgan fingerprint density at radius 1 is 1.44 bits per heavy atom. The predicted octanol–water partition coefficient (Wildman–Crippen LogP) is -0.984. The third-order valence-electron chi connectivity index (χ3n) is 3.03. The Labute approximate surface area is 94.0 Å². The molecule has 6 nitrogen and oxygen atoms in total. The van der Waals surface area contributed by atoms with Gasteiger partial charge in [-0.15, -0.1) is 0 Å². The lowest BCUT2D eigenvalue weighted by molar-refractivity contribution is -0.149. The van der Waals surface area contributed by atoms with E-state index in [2.05, 4.69) is 0 Å². The van der Waals surface area contributed by atoms with Gasteiger partial charge in [0, 0.05) is 19.0 Å². The molecule has 0 bridgehead atoms. The molecule has 0 aromatic heterocycles. The summed E-state index contributed by atoms with van der Waals surface area (Å²) in [7, 11) is 0. The minimum atomic E-state index is -1.08. The fourth-order valence-corrected chi connectivity index (χ4v) is 1.78. The van der Waals surface area contributed by atoms with Crippen LogP contribution in [0.2, 0.25) is 0 Å². The predicted molar refractivity (Wildman–Crippen MR) is 56.6 cm³/mol. The Balaban J connectivity index is 2.78. The number of aliphatic carboxylic acids is 1. The Morgan fingerprint density at radius 3 is 2.44 bits per heavy atom. The van der Waals surface area contributed by atoms with Gasteiger partial charge in [-0.25, -0.2) is 4.79 Å². The van der Waals surface area contributed by atoms with Crippen molar-refractivity contribution in [2.24, 2.45) is 11.7 Å². The van der Waals surface area contributed by atoms with Gasteiger partial charge in [-0.1, -0.05) is 6.92 Å². The lowest BCUT2D eigenvalue weighted by atomic mass is 10.0. The third kappa shape index (κ3) is 2.51. The monoisotopic (exact) mass is 230 g/mol. The second kappa shape index (κ2) is 4.80. The molecule has 1 heterocycles. The Kier molecular flexibility index (Phi) is 3.88. The number of hydrogen-bond acceptors (Lipinski definition) is 4. The first-order chi connectivity index (χ1) is 7.34. The molecule has 0 aliphatic carbocycles. The maximum Gasteiger partial charge on any atom is 0.326 e. The van der Waals surface area contributed by atoms with Crippen LogP contribution in [0.5, 0.6) is 0 Å². The normalized spacial score (nSPS) is 28.9. The van der Waals surface area contributed by atoms with Crippen molar-refractivity contribution in [3.63, 3.8) is 0 Å². The van der Waals surface area contributed by atoms with E-state index in [4.69, 9.17) is 10.8 Å². The van der Waals surface area contributed by atoms with Crippen molar-refractivity contribution in [3.05, 3.63) is 0 Å². The molecule has 1 aliphatic rings. The van der Waals surface area contributed by atoms with Crippen molar-refractivity contribution in [2.75, 3.05) is 6.54 Å². The summed E-state index contributed by atoms with van der Waals surface area (Å²) in [5, 5.41) is 18.3. The summed E-state index contributed by atoms with van der Waals surface area (Å²) in [6.45, 7) is 3.44. The minimum Gasteiger partial charge on any atom is -0.480 e. The molecule has 92 valence electrons. The van der Waals surface area contributed by atoms with Crippen molar-refractivity contribution in [2.45, 2.75) is 38.5 Å². The van der Waals surface area contributed by atoms with Crippen LogP contribution in [0.25, 0.3) is 0 Å². The molecule has 16 heavy (non-hydrogen) atoms. The SMILES string of the molecule is CC(N)C(C)C(=O)N1C[C@@H](O)C[C@H]1C(=O)O. The van der Waals surface area contributed by atoms with Crippen molar-refractivity contribution in [3.8, 4) is 0 Å². The van der Waals surface area contributed by atoms with Crippen molar-refractivity contribution in [1.82, 2.24) is 4.90 Å². The molecule has 1 fully saturated rings. The fourth-order valence-electron chi connectivity index (χ4n) is 1.78. The van der Waals surface area contributed by atoms with Crippen molar-refractivity contribution < 1.29 is 19.8 Å². The quantitative estimate of drug-likeness (QED) is 0.578. The number of rotatable bonds is 3. The summed E-state index contributed by atoms with van der Waals surface area (Å²) in [4.78, 5) is 24.0. The van der Waals surface area contributed by atoms with Gasteiger partial charge in [0.25, 0.3) is 0 Å². The number of likely N-dealkylation sites (tertiary alicyclic amines) is 1. The van der Waals surface area contributed by atoms with E-state index in [-0.39, 0.29) is 24.9 Å². The van der Waals surface area contributed by atoms with Crippen LogP contribution in [-0.2, 0) is 9.59 Å². The molecule has 4 N–H and O–H groups in total. The molecular weight excluding hydrogens is 212 g/mol. The smallest absolute Gasteiger partial charge is 0.326 e. The number of carboxylic acid groups (broad SMARTS) is 1. The standard InChI is InChI=1S/C10H18N2O4/c1-5(6(2)11)9(14)12-4-7(13)3-8(12)10(15)16/h5-8,13H,3-4,11H2,1-2H3,(H,15,16)/t5?,6?,7-,8-/m0/s1. The zero-order chi connectivity index (χ0) is 12.5. The molecular formula is C10H18N2O4. The van der Waals surface area contributed by atoms with Crippen LogP contribution in [0, 0.1) is 5.92 Å². The summed E-state index contributed by atoms with van der Waals surface area (Å²) in [5.74, 6) is -1.83. The van der Waals surface area contributed by atoms with Crippen molar-refractivity contribution >= 4 is 11.9 Å². The van der Waals surface area contributed by atoms with Gasteiger partial charge in [0.2, 0.25) is 5.91 Å². The van der Waals surface area contributed by atoms with Gasteiger partial charge in [-0.05, 0) is 6.92 Å². The number of aliphatic hydroxyl groups is 1. The van der Waals surface area contributed by atoms with E-state index < -0.39 is 24.0 Å². The Morgan fingerprint density at radius 2 is 2.00 bits per heavy atom. The summed E-state index contributed by atoms with van der Waals surface area (Å²) in [6, 6.07) is -1.26. The van der Waals surface area contributed by atoms with Gasteiger partial charge in [-0.2, -0.15) is 0 Å². The molecule has 1 amide bonds. The number of amides is 1. The second-order valence-corrected chi connectivity index (χ2v) is 4.38. The Hall–Kier alpha value is -1.14. The second-order valence-electron chi connectivity index (χ2n) is 4.38.